The second kappa shape index (κ2) is 8.62. The predicted octanol–water partition coefficient (Wildman–Crippen LogP) is 4.83. The minimum absolute atomic E-state index is 0.169. The van der Waals surface area contributed by atoms with Crippen LogP contribution in [0.4, 0.5) is 18.9 Å². The lowest BCUT2D eigenvalue weighted by Gasteiger charge is -2.10. The Hall–Kier alpha value is -2.67. The molecule has 3 rings (SSSR count). The Bertz CT molecular complexity index is 835. The van der Waals surface area contributed by atoms with Gasteiger partial charge < -0.3 is 15.0 Å². The van der Waals surface area contributed by atoms with Crippen molar-refractivity contribution in [3.05, 3.63) is 77.3 Å². The second-order valence-electron chi connectivity index (χ2n) is 5.35. The van der Waals surface area contributed by atoms with Crippen molar-refractivity contribution in [1.82, 2.24) is 9.55 Å². The van der Waals surface area contributed by atoms with Gasteiger partial charge in [-0.3, -0.25) is 0 Å². The first-order valence-corrected chi connectivity index (χ1v) is 7.93. The average molecular weight is 384 g/mol. The van der Waals surface area contributed by atoms with Gasteiger partial charge in [-0.05, 0) is 23.8 Å². The van der Waals surface area contributed by atoms with Gasteiger partial charge in [0.05, 0.1) is 5.02 Å². The topological polar surface area (TPSA) is 53.1 Å². The van der Waals surface area contributed by atoms with Gasteiger partial charge in [0, 0.05) is 31.5 Å². The minimum Gasteiger partial charge on any atom is -0.404 e. The summed E-state index contributed by atoms with van der Waals surface area (Å²) in [5.41, 5.74) is 6.85. The van der Waals surface area contributed by atoms with Crippen LogP contribution in [0.3, 0.4) is 0 Å². The highest BCUT2D eigenvalue weighted by Crippen LogP contribution is 2.31. The van der Waals surface area contributed by atoms with Gasteiger partial charge >= 0.3 is 6.36 Å². The number of benzene rings is 2. The van der Waals surface area contributed by atoms with Crippen LogP contribution in [0.15, 0.2) is 60.9 Å². The maximum atomic E-state index is 11.7. The van der Waals surface area contributed by atoms with Crippen molar-refractivity contribution in [3.8, 4) is 5.75 Å². The molecule has 3 aromatic rings. The van der Waals surface area contributed by atoms with E-state index in [1.807, 2.05) is 30.1 Å². The molecule has 0 saturated heterocycles. The molecule has 138 valence electrons. The van der Waals surface area contributed by atoms with E-state index in [4.69, 9.17) is 17.3 Å². The van der Waals surface area contributed by atoms with E-state index in [-0.39, 0.29) is 10.7 Å². The lowest BCUT2D eigenvalue weighted by atomic mass is 10.1. The number of alkyl halides is 3. The van der Waals surface area contributed by atoms with Gasteiger partial charge in [0.25, 0.3) is 0 Å². The molecule has 8 heteroatoms. The Labute approximate surface area is 154 Å². The van der Waals surface area contributed by atoms with E-state index in [1.54, 1.807) is 0 Å². The Kier molecular flexibility index (Phi) is 6.52. The summed E-state index contributed by atoms with van der Waals surface area (Å²) >= 11 is 5.43. The molecule has 0 radical (unpaired) electrons. The third-order valence-corrected chi connectivity index (χ3v) is 3.60. The van der Waals surface area contributed by atoms with E-state index in [0.717, 1.165) is 18.3 Å². The zero-order valence-electron chi connectivity index (χ0n) is 13.9. The molecule has 0 saturated carbocycles. The van der Waals surface area contributed by atoms with E-state index < -0.39 is 12.1 Å². The Morgan fingerprint density at radius 1 is 1.15 bits per heavy atom. The monoisotopic (exact) mass is 383 g/mol. The van der Waals surface area contributed by atoms with E-state index in [0.29, 0.717) is 0 Å². The first-order chi connectivity index (χ1) is 12.2. The molecule has 1 heterocycles. The molecule has 0 bridgehead atoms. The number of ether oxygens (including phenoxy) is 1. The van der Waals surface area contributed by atoms with Crippen LogP contribution in [-0.2, 0) is 13.5 Å². The SMILES string of the molecule is Cn1ccnc1Cc1ccccc1.Nc1ccc(OC(F)(F)F)c(Cl)c1. The maximum Gasteiger partial charge on any atom is 0.573 e. The van der Waals surface area contributed by atoms with E-state index in [1.165, 1.54) is 17.7 Å². The van der Waals surface area contributed by atoms with Crippen LogP contribution in [0.25, 0.3) is 0 Å². The third-order valence-electron chi connectivity index (χ3n) is 3.31. The van der Waals surface area contributed by atoms with Crippen molar-refractivity contribution >= 4 is 17.3 Å². The number of hydrogen-bond donors (Lipinski definition) is 1. The molecular formula is C18H17ClF3N3O. The van der Waals surface area contributed by atoms with Crippen molar-refractivity contribution in [2.45, 2.75) is 12.8 Å². The number of halogens is 4. The molecule has 0 fully saturated rings. The van der Waals surface area contributed by atoms with Gasteiger partial charge in [-0.15, -0.1) is 13.2 Å². The number of rotatable bonds is 3. The van der Waals surface area contributed by atoms with Gasteiger partial charge in [-0.25, -0.2) is 4.98 Å². The lowest BCUT2D eigenvalue weighted by Crippen LogP contribution is -2.17. The molecule has 0 atom stereocenters. The summed E-state index contributed by atoms with van der Waals surface area (Å²) < 4.78 is 40.8. The number of nitrogens with two attached hydrogens (primary N) is 1. The van der Waals surface area contributed by atoms with Crippen molar-refractivity contribution in [3.63, 3.8) is 0 Å². The van der Waals surface area contributed by atoms with Crippen LogP contribution >= 0.6 is 11.6 Å². The fourth-order valence-electron chi connectivity index (χ4n) is 2.07. The van der Waals surface area contributed by atoms with Crippen LogP contribution in [0, 0.1) is 0 Å². The predicted molar refractivity (Wildman–Crippen MR) is 95.0 cm³/mol. The molecule has 0 spiro atoms. The van der Waals surface area contributed by atoms with Crippen LogP contribution in [0.1, 0.15) is 11.4 Å². The summed E-state index contributed by atoms with van der Waals surface area (Å²) in [6.07, 6.45) is -0.0271. The van der Waals surface area contributed by atoms with Crippen molar-refractivity contribution in [2.24, 2.45) is 7.05 Å². The number of nitrogens with zero attached hydrogens (tertiary/aromatic N) is 2. The summed E-state index contributed by atoms with van der Waals surface area (Å²) in [7, 11) is 2.02. The smallest absolute Gasteiger partial charge is 0.404 e. The summed E-state index contributed by atoms with van der Waals surface area (Å²) in [5, 5.41) is -0.169. The molecule has 1 aromatic heterocycles. The standard InChI is InChI=1S/C11H12N2.C7H5ClF3NO/c1-13-8-7-12-11(13)9-10-5-3-2-4-6-10;8-5-3-4(12)1-2-6(5)13-7(9,10)11/h2-8H,9H2,1H3;1-3H,12H2. The lowest BCUT2D eigenvalue weighted by molar-refractivity contribution is -0.274. The molecular weight excluding hydrogens is 367 g/mol. The van der Waals surface area contributed by atoms with E-state index >= 15 is 0 Å². The number of imidazole rings is 1. The highest BCUT2D eigenvalue weighted by Gasteiger charge is 2.31. The van der Waals surface area contributed by atoms with E-state index in [9.17, 15) is 13.2 Å². The van der Waals surface area contributed by atoms with Gasteiger partial charge in [0.2, 0.25) is 0 Å². The van der Waals surface area contributed by atoms with E-state index in [2.05, 4.69) is 34.0 Å². The Morgan fingerprint density at radius 3 is 2.38 bits per heavy atom. The molecule has 26 heavy (non-hydrogen) atoms. The average Bonchev–Trinajstić information content (AvgIpc) is 2.96. The molecule has 0 amide bonds. The van der Waals surface area contributed by atoms with Gasteiger partial charge in [-0.1, -0.05) is 41.9 Å². The summed E-state index contributed by atoms with van der Waals surface area (Å²) in [6.45, 7) is 0. The molecule has 4 nitrogen and oxygen atoms in total. The van der Waals surface area contributed by atoms with Crippen molar-refractivity contribution < 1.29 is 17.9 Å². The zero-order valence-corrected chi connectivity index (χ0v) is 14.6. The molecule has 0 aliphatic carbocycles. The molecule has 0 aliphatic rings. The zero-order chi connectivity index (χ0) is 19.2. The third kappa shape index (κ3) is 6.33. The van der Waals surface area contributed by atoms with Gasteiger partial charge in [0.1, 0.15) is 11.6 Å². The number of hydrogen-bond acceptors (Lipinski definition) is 3. The molecule has 2 N–H and O–H groups in total. The van der Waals surface area contributed by atoms with Gasteiger partial charge in [-0.2, -0.15) is 0 Å². The van der Waals surface area contributed by atoms with Crippen LogP contribution in [0.5, 0.6) is 5.75 Å². The highest BCUT2D eigenvalue weighted by molar-refractivity contribution is 6.32. The number of aryl methyl sites for hydroxylation is 1. The van der Waals surface area contributed by atoms with Crippen LogP contribution in [0.2, 0.25) is 5.02 Å². The summed E-state index contributed by atoms with van der Waals surface area (Å²) in [5.74, 6) is 0.648. The quantitative estimate of drug-likeness (QED) is 0.659. The highest BCUT2D eigenvalue weighted by atomic mass is 35.5. The van der Waals surface area contributed by atoms with Crippen molar-refractivity contribution in [1.29, 1.82) is 0 Å². The van der Waals surface area contributed by atoms with Crippen LogP contribution in [-0.4, -0.2) is 15.9 Å². The summed E-state index contributed by atoms with van der Waals surface area (Å²) in [6, 6.07) is 13.9. The maximum absolute atomic E-state index is 11.7. The molecule has 0 unspecified atom stereocenters. The van der Waals surface area contributed by atoms with Crippen molar-refractivity contribution in [2.75, 3.05) is 5.73 Å². The fraction of sp³-hybridized carbons (Fsp3) is 0.167. The Balaban J connectivity index is 0.000000187. The number of anilines is 1. The van der Waals surface area contributed by atoms with Gasteiger partial charge in [0.15, 0.2) is 0 Å². The molecule has 2 aromatic carbocycles. The first kappa shape index (κ1) is 19.7. The minimum atomic E-state index is -4.74. The number of aromatic nitrogens is 2. The Morgan fingerprint density at radius 2 is 1.85 bits per heavy atom. The van der Waals surface area contributed by atoms with Crippen LogP contribution < -0.4 is 10.5 Å². The fourth-order valence-corrected chi connectivity index (χ4v) is 2.30. The largest absolute Gasteiger partial charge is 0.573 e. The first-order valence-electron chi connectivity index (χ1n) is 7.55. The normalized spacial score (nSPS) is 10.8. The second-order valence-corrected chi connectivity index (χ2v) is 5.76. The number of nitrogen functional groups attached to an aromatic ring is 1. The summed E-state index contributed by atoms with van der Waals surface area (Å²) in [4.78, 5) is 4.27. The molecule has 0 aliphatic heterocycles.